The molecule has 0 saturated carbocycles. The molecule has 1 aliphatic rings. The molecule has 1 aliphatic heterocycles. The van der Waals surface area contributed by atoms with E-state index in [1.165, 1.54) is 31.4 Å². The Labute approximate surface area is 240 Å². The lowest BCUT2D eigenvalue weighted by Crippen LogP contribution is -2.47. The van der Waals surface area contributed by atoms with E-state index >= 15 is 0 Å². The van der Waals surface area contributed by atoms with Gasteiger partial charge in [-0.2, -0.15) is 0 Å². The van der Waals surface area contributed by atoms with Gasteiger partial charge < -0.3 is 9.47 Å². The van der Waals surface area contributed by atoms with Gasteiger partial charge in [0.15, 0.2) is 6.10 Å². The monoisotopic (exact) mass is 603 g/mol. The first-order chi connectivity index (χ1) is 18.9. The van der Waals surface area contributed by atoms with Crippen LogP contribution < -0.4 is 4.74 Å². The van der Waals surface area contributed by atoms with Gasteiger partial charge in [-0.1, -0.05) is 53.5 Å². The highest BCUT2D eigenvalue weighted by atomic mass is 35.5. The smallest absolute Gasteiger partial charge is 0.330 e. The predicted octanol–water partition coefficient (Wildman–Crippen LogP) is 4.57. The maximum atomic E-state index is 13.7. The summed E-state index contributed by atoms with van der Waals surface area (Å²) in [5, 5.41) is 0.0424. The first-order valence-corrected chi connectivity index (χ1v) is 14.7. The fourth-order valence-corrected chi connectivity index (χ4v) is 5.19. The Morgan fingerprint density at radius 1 is 0.900 bits per heavy atom. The molecule has 3 aromatic carbocycles. The van der Waals surface area contributed by atoms with E-state index in [0.29, 0.717) is 16.2 Å². The highest BCUT2D eigenvalue weighted by Gasteiger charge is 2.45. The Hall–Kier alpha value is -3.73. The molecule has 0 aliphatic carbocycles. The molecule has 0 fully saturated rings. The van der Waals surface area contributed by atoms with Crippen molar-refractivity contribution in [1.82, 2.24) is 4.90 Å². The topological polar surface area (TPSA) is 124 Å². The number of sulfone groups is 1. The molecule has 40 heavy (non-hydrogen) atoms. The molecule has 0 N–H and O–H groups in total. The van der Waals surface area contributed by atoms with Gasteiger partial charge in [0, 0.05) is 17.4 Å². The molecule has 9 nitrogen and oxygen atoms in total. The summed E-state index contributed by atoms with van der Waals surface area (Å²) in [4.78, 5) is 54.4. The van der Waals surface area contributed by atoms with E-state index in [1.807, 2.05) is 0 Å². The minimum Gasteiger partial charge on any atom is -0.497 e. The van der Waals surface area contributed by atoms with Crippen LogP contribution in [-0.4, -0.2) is 62.0 Å². The van der Waals surface area contributed by atoms with E-state index in [4.69, 9.17) is 32.7 Å². The molecule has 12 heteroatoms. The number of carbonyl (C=O) groups is 4. The minimum atomic E-state index is -3.62. The van der Waals surface area contributed by atoms with Crippen LogP contribution in [0.1, 0.15) is 49.2 Å². The largest absolute Gasteiger partial charge is 0.497 e. The van der Waals surface area contributed by atoms with Crippen LogP contribution in [0.4, 0.5) is 0 Å². The highest BCUT2D eigenvalue weighted by molar-refractivity contribution is 7.90. The Balaban J connectivity index is 1.71. The molecule has 3 aromatic rings. The molecule has 4 rings (SSSR count). The lowest BCUT2D eigenvalue weighted by molar-refractivity contribution is -0.152. The van der Waals surface area contributed by atoms with E-state index in [0.717, 1.165) is 6.26 Å². The average Bonchev–Trinajstić information content (AvgIpc) is 3.16. The van der Waals surface area contributed by atoms with Gasteiger partial charge in [-0.25, -0.2) is 13.2 Å². The summed E-state index contributed by atoms with van der Waals surface area (Å²) < 4.78 is 34.8. The number of amides is 2. The summed E-state index contributed by atoms with van der Waals surface area (Å²) in [6.07, 6.45) is -0.956. The number of fused-ring (bicyclic) bond motifs is 1. The Bertz CT molecular complexity index is 1550. The number of nitrogens with zero attached hydrogens (tertiary/aromatic N) is 1. The Morgan fingerprint density at radius 3 is 1.95 bits per heavy atom. The van der Waals surface area contributed by atoms with Crippen LogP contribution in [0.3, 0.4) is 0 Å². The van der Waals surface area contributed by atoms with Crippen molar-refractivity contribution in [3.05, 3.63) is 99.0 Å². The third kappa shape index (κ3) is 6.19. The van der Waals surface area contributed by atoms with Crippen LogP contribution in [0.2, 0.25) is 10.0 Å². The van der Waals surface area contributed by atoms with Gasteiger partial charge in [-0.05, 0) is 42.8 Å². The molecule has 1 heterocycles. The molecular formula is C28H23Cl2NO8S. The van der Waals surface area contributed by atoms with E-state index < -0.39 is 57.7 Å². The van der Waals surface area contributed by atoms with Crippen molar-refractivity contribution in [2.45, 2.75) is 18.6 Å². The average molecular weight is 604 g/mol. The summed E-state index contributed by atoms with van der Waals surface area (Å²) in [5.74, 6) is -3.48. The number of imide groups is 1. The van der Waals surface area contributed by atoms with Gasteiger partial charge in [0.2, 0.25) is 5.78 Å². The number of ketones is 1. The molecule has 0 radical (unpaired) electrons. The van der Waals surface area contributed by atoms with Crippen LogP contribution in [-0.2, 0) is 19.4 Å². The van der Waals surface area contributed by atoms with Crippen molar-refractivity contribution in [3.8, 4) is 5.75 Å². The second-order valence-electron chi connectivity index (χ2n) is 9.05. The van der Waals surface area contributed by atoms with Gasteiger partial charge in [0.1, 0.15) is 21.6 Å². The summed E-state index contributed by atoms with van der Waals surface area (Å²) in [6.45, 7) is 0. The zero-order chi connectivity index (χ0) is 29.2. The maximum Gasteiger partial charge on any atom is 0.330 e. The molecule has 0 spiro atoms. The number of rotatable bonds is 10. The quantitative estimate of drug-likeness (QED) is 0.187. The van der Waals surface area contributed by atoms with Gasteiger partial charge >= 0.3 is 5.97 Å². The number of hydrogen-bond donors (Lipinski definition) is 0. The summed E-state index contributed by atoms with van der Waals surface area (Å²) in [5.41, 5.74) is 0.357. The lowest BCUT2D eigenvalue weighted by Gasteiger charge is -2.27. The van der Waals surface area contributed by atoms with Gasteiger partial charge in [0.05, 0.1) is 34.0 Å². The summed E-state index contributed by atoms with van der Waals surface area (Å²) in [7, 11) is -2.15. The first kappa shape index (κ1) is 29.3. The number of hydrogen-bond acceptors (Lipinski definition) is 8. The molecule has 2 atom stereocenters. The lowest BCUT2D eigenvalue weighted by atomic mass is 9.99. The van der Waals surface area contributed by atoms with Crippen molar-refractivity contribution < 1.29 is 37.1 Å². The molecular weight excluding hydrogens is 581 g/mol. The van der Waals surface area contributed by atoms with Crippen LogP contribution in [0.5, 0.6) is 5.75 Å². The Kier molecular flexibility index (Phi) is 8.62. The molecule has 208 valence electrons. The van der Waals surface area contributed by atoms with Crippen LogP contribution >= 0.6 is 23.2 Å². The van der Waals surface area contributed by atoms with E-state index in [2.05, 4.69) is 0 Å². The van der Waals surface area contributed by atoms with Gasteiger partial charge in [-0.3, -0.25) is 19.3 Å². The van der Waals surface area contributed by atoms with Crippen molar-refractivity contribution in [1.29, 1.82) is 0 Å². The number of benzene rings is 3. The fraction of sp³-hybridized carbons (Fsp3) is 0.214. The normalized spacial score (nSPS) is 14.4. The van der Waals surface area contributed by atoms with Crippen molar-refractivity contribution in [3.63, 3.8) is 0 Å². The predicted molar refractivity (Wildman–Crippen MR) is 148 cm³/mol. The molecule has 0 unspecified atom stereocenters. The van der Waals surface area contributed by atoms with Gasteiger partial charge in [-0.15, -0.1) is 0 Å². The van der Waals surface area contributed by atoms with Gasteiger partial charge in [0.25, 0.3) is 11.8 Å². The first-order valence-electron chi connectivity index (χ1n) is 11.9. The number of carbonyl (C=O) groups excluding carboxylic acids is 4. The zero-order valence-corrected chi connectivity index (χ0v) is 23.6. The molecule has 2 amide bonds. The minimum absolute atomic E-state index is 0.0212. The number of methoxy groups -OCH3 is 1. The number of halogens is 2. The van der Waals surface area contributed by atoms with Crippen LogP contribution in [0.15, 0.2) is 66.7 Å². The SMILES string of the molecule is COc1ccc(C(=O)[C@@H](OC(=O)[C@H](CCS(C)(=O)=O)N2C(=O)c3cc(Cl)c(Cl)cc3C2=O)c2ccccc2)cc1. The van der Waals surface area contributed by atoms with E-state index in [1.54, 1.807) is 42.5 Å². The standard InChI is InChI=1S/C28H23Cl2NO8S/c1-38-18-10-8-16(9-11-18)24(32)25(17-6-4-3-5-7-17)39-28(35)23(12-13-40(2,36)37)31-26(33)19-14-21(29)22(30)15-20(19)27(31)34/h3-11,14-15,23,25H,12-13H2,1-2H3/t23-,25-/m0/s1. The van der Waals surface area contributed by atoms with Crippen molar-refractivity contribution >= 4 is 56.6 Å². The number of Topliss-reactive ketones (excluding diaryl/α,β-unsaturated/α-hetero) is 1. The van der Waals surface area contributed by atoms with E-state index in [-0.39, 0.29) is 26.7 Å². The highest BCUT2D eigenvalue weighted by Crippen LogP contribution is 2.34. The number of esters is 1. The molecule has 0 bridgehead atoms. The summed E-state index contributed by atoms with van der Waals surface area (Å²) in [6, 6.07) is 15.1. The van der Waals surface area contributed by atoms with Crippen LogP contribution in [0, 0.1) is 0 Å². The van der Waals surface area contributed by atoms with Crippen LogP contribution in [0.25, 0.3) is 0 Å². The third-order valence-electron chi connectivity index (χ3n) is 6.25. The second kappa shape index (κ2) is 11.8. The van der Waals surface area contributed by atoms with Crippen molar-refractivity contribution in [2.24, 2.45) is 0 Å². The molecule has 0 aromatic heterocycles. The molecule has 0 saturated heterocycles. The maximum absolute atomic E-state index is 13.7. The third-order valence-corrected chi connectivity index (χ3v) is 7.95. The zero-order valence-electron chi connectivity index (χ0n) is 21.3. The second-order valence-corrected chi connectivity index (χ2v) is 12.1. The van der Waals surface area contributed by atoms with Crippen molar-refractivity contribution in [2.75, 3.05) is 19.1 Å². The fourth-order valence-electron chi connectivity index (χ4n) is 4.22. The number of ether oxygens (including phenoxy) is 2. The Morgan fingerprint density at radius 2 is 1.45 bits per heavy atom. The summed E-state index contributed by atoms with van der Waals surface area (Å²) >= 11 is 12.1. The van der Waals surface area contributed by atoms with E-state index in [9.17, 15) is 27.6 Å².